The number of carbonyl (C=O) groups is 1. The second kappa shape index (κ2) is 8.02. The number of primary amides is 1. The summed E-state index contributed by atoms with van der Waals surface area (Å²) >= 11 is 0. The number of benzene rings is 1. The Balaban J connectivity index is 1.79. The van der Waals surface area contributed by atoms with Gasteiger partial charge in [0, 0.05) is 28.9 Å². The summed E-state index contributed by atoms with van der Waals surface area (Å²) in [6.07, 6.45) is 5.55. The maximum Gasteiger partial charge on any atom is 0.234 e. The van der Waals surface area contributed by atoms with E-state index < -0.39 is 9.84 Å². The molecule has 3 N–H and O–H groups in total. The summed E-state index contributed by atoms with van der Waals surface area (Å²) in [5.74, 6) is 0.0851. The predicted octanol–water partition coefficient (Wildman–Crippen LogP) is 2.03. The largest absolute Gasteiger partial charge is 0.368 e. The van der Waals surface area contributed by atoms with Crippen molar-refractivity contribution in [2.45, 2.75) is 51.6 Å². The molecule has 1 fully saturated rings. The highest BCUT2D eigenvalue weighted by molar-refractivity contribution is 7.91. The number of likely N-dealkylation sites (tertiary alicyclic amines) is 1. The Bertz CT molecular complexity index is 920. The highest BCUT2D eigenvalue weighted by Crippen LogP contribution is 2.27. The highest BCUT2D eigenvalue weighted by Gasteiger charge is 2.31. The van der Waals surface area contributed by atoms with Crippen molar-refractivity contribution in [3.05, 3.63) is 35.5 Å². The van der Waals surface area contributed by atoms with Crippen LogP contribution in [-0.2, 0) is 27.5 Å². The fraction of sp³-hybridized carbons (Fsp3) is 0.550. The van der Waals surface area contributed by atoms with E-state index in [2.05, 4.69) is 16.0 Å². The first-order chi connectivity index (χ1) is 12.8. The Hall–Kier alpha value is -1.86. The number of hydrogen-bond acceptors (Lipinski definition) is 4. The molecule has 2 heterocycles. The molecular formula is C20H29N3O3S. The number of rotatable bonds is 8. The van der Waals surface area contributed by atoms with E-state index in [9.17, 15) is 13.2 Å². The molecule has 1 aromatic carbocycles. The molecule has 1 aromatic heterocycles. The second-order valence-corrected chi connectivity index (χ2v) is 9.97. The lowest BCUT2D eigenvalue weighted by Crippen LogP contribution is -2.45. The molecule has 0 aliphatic carbocycles. The van der Waals surface area contributed by atoms with Crippen LogP contribution in [-0.4, -0.2) is 54.3 Å². The number of hydrogen-bond donors (Lipinski definition) is 2. The third-order valence-corrected chi connectivity index (χ3v) is 7.47. The highest BCUT2D eigenvalue weighted by atomic mass is 32.2. The van der Waals surface area contributed by atoms with Gasteiger partial charge in [-0.05, 0) is 62.4 Å². The van der Waals surface area contributed by atoms with E-state index in [1.165, 1.54) is 5.56 Å². The predicted molar refractivity (Wildman–Crippen MR) is 108 cm³/mol. The number of nitrogens with zero attached hydrogens (tertiary/aromatic N) is 1. The number of H-pyrrole nitrogens is 1. The molecule has 27 heavy (non-hydrogen) atoms. The third-order valence-electron chi connectivity index (χ3n) is 5.76. The third kappa shape index (κ3) is 4.52. The van der Waals surface area contributed by atoms with Gasteiger partial charge < -0.3 is 10.7 Å². The quantitative estimate of drug-likeness (QED) is 0.719. The van der Waals surface area contributed by atoms with Gasteiger partial charge in [0.25, 0.3) is 0 Å². The molecule has 0 saturated carbocycles. The molecule has 0 radical (unpaired) electrons. The van der Waals surface area contributed by atoms with Gasteiger partial charge in [-0.2, -0.15) is 0 Å². The molecular weight excluding hydrogens is 362 g/mol. The van der Waals surface area contributed by atoms with E-state index in [4.69, 9.17) is 5.73 Å². The lowest BCUT2D eigenvalue weighted by atomic mass is 10.0. The maximum atomic E-state index is 11.8. The lowest BCUT2D eigenvalue weighted by Gasteiger charge is -2.28. The van der Waals surface area contributed by atoms with Crippen molar-refractivity contribution in [3.63, 3.8) is 0 Å². The van der Waals surface area contributed by atoms with Crippen LogP contribution in [0.5, 0.6) is 0 Å². The first-order valence-corrected chi connectivity index (χ1v) is 11.5. The number of sulfone groups is 1. The first kappa shape index (κ1) is 19.9. The first-order valence-electron chi connectivity index (χ1n) is 9.65. The van der Waals surface area contributed by atoms with Crippen molar-refractivity contribution in [2.75, 3.05) is 18.1 Å². The molecule has 7 heteroatoms. The Morgan fingerprint density at radius 2 is 2.19 bits per heavy atom. The van der Waals surface area contributed by atoms with E-state index in [-0.39, 0.29) is 23.5 Å². The van der Waals surface area contributed by atoms with Gasteiger partial charge in [0.15, 0.2) is 0 Å². The minimum atomic E-state index is -2.97. The molecule has 2 atom stereocenters. The van der Waals surface area contributed by atoms with Crippen LogP contribution in [0.25, 0.3) is 10.9 Å². The van der Waals surface area contributed by atoms with Crippen molar-refractivity contribution in [2.24, 2.45) is 5.73 Å². The van der Waals surface area contributed by atoms with E-state index in [1.54, 1.807) is 6.92 Å². The smallest absolute Gasteiger partial charge is 0.234 e. The average Bonchev–Trinajstić information content (AvgIpc) is 3.27. The molecule has 1 aliphatic heterocycles. The van der Waals surface area contributed by atoms with Crippen molar-refractivity contribution in [1.29, 1.82) is 0 Å². The standard InChI is InChI=1S/C20H29N3O3S/c1-3-27(25,26)10-8-15-6-7-19-18(11-15)16(13-22-19)12-17-5-4-9-23(17)14(2)20(21)24/h6-7,11,13-14,17,22H,3-5,8-10,12H2,1-2H3,(H2,21,24)/t14?,17-/m1/s1. The number of nitrogens with one attached hydrogen (secondary N) is 1. The molecule has 1 unspecified atom stereocenters. The summed E-state index contributed by atoms with van der Waals surface area (Å²) in [5, 5.41) is 1.14. The van der Waals surface area contributed by atoms with E-state index in [0.29, 0.717) is 12.5 Å². The number of nitrogens with two attached hydrogens (primary N) is 1. The Morgan fingerprint density at radius 1 is 1.41 bits per heavy atom. The number of aromatic amines is 1. The van der Waals surface area contributed by atoms with Crippen LogP contribution in [0.1, 0.15) is 37.8 Å². The van der Waals surface area contributed by atoms with Gasteiger partial charge in [-0.25, -0.2) is 8.42 Å². The van der Waals surface area contributed by atoms with Gasteiger partial charge >= 0.3 is 0 Å². The number of carbonyl (C=O) groups excluding carboxylic acids is 1. The normalized spacial score (nSPS) is 19.6. The minimum absolute atomic E-state index is 0.181. The van der Waals surface area contributed by atoms with E-state index in [1.807, 2.05) is 25.3 Å². The monoisotopic (exact) mass is 391 g/mol. The zero-order valence-electron chi connectivity index (χ0n) is 16.1. The van der Waals surface area contributed by atoms with Gasteiger partial charge in [-0.15, -0.1) is 0 Å². The topological polar surface area (TPSA) is 96.3 Å². The minimum Gasteiger partial charge on any atom is -0.368 e. The number of aromatic nitrogens is 1. The molecule has 1 saturated heterocycles. The number of amides is 1. The van der Waals surface area contributed by atoms with E-state index in [0.717, 1.165) is 42.3 Å². The molecule has 2 aromatic rings. The summed E-state index contributed by atoms with van der Waals surface area (Å²) in [6, 6.07) is 6.16. The second-order valence-electron chi connectivity index (χ2n) is 7.50. The molecule has 6 nitrogen and oxygen atoms in total. The van der Waals surface area contributed by atoms with E-state index >= 15 is 0 Å². The van der Waals surface area contributed by atoms with Crippen LogP contribution >= 0.6 is 0 Å². The number of aryl methyl sites for hydroxylation is 1. The Kier molecular flexibility index (Phi) is 5.91. The molecule has 1 aliphatic rings. The van der Waals surface area contributed by atoms with Crippen LogP contribution in [0, 0.1) is 0 Å². The Morgan fingerprint density at radius 3 is 2.89 bits per heavy atom. The summed E-state index contributed by atoms with van der Waals surface area (Å²) in [7, 11) is -2.97. The lowest BCUT2D eigenvalue weighted by molar-refractivity contribution is -0.123. The van der Waals surface area contributed by atoms with Gasteiger partial charge in [-0.1, -0.05) is 13.0 Å². The fourth-order valence-corrected chi connectivity index (χ4v) is 4.81. The molecule has 148 valence electrons. The Labute approximate surface area is 161 Å². The van der Waals surface area contributed by atoms with Crippen LogP contribution in [0.2, 0.25) is 0 Å². The van der Waals surface area contributed by atoms with Gasteiger partial charge in [0.05, 0.1) is 11.8 Å². The molecule has 0 spiro atoms. The van der Waals surface area contributed by atoms with Crippen LogP contribution < -0.4 is 5.73 Å². The van der Waals surface area contributed by atoms with Gasteiger partial charge in [0.1, 0.15) is 9.84 Å². The summed E-state index contributed by atoms with van der Waals surface area (Å²) < 4.78 is 23.6. The summed E-state index contributed by atoms with van der Waals surface area (Å²) in [6.45, 7) is 4.46. The van der Waals surface area contributed by atoms with Gasteiger partial charge in [-0.3, -0.25) is 9.69 Å². The molecule has 3 rings (SSSR count). The average molecular weight is 392 g/mol. The van der Waals surface area contributed by atoms with Crippen molar-refractivity contribution >= 4 is 26.6 Å². The molecule has 0 bridgehead atoms. The van der Waals surface area contributed by atoms with Crippen molar-refractivity contribution in [1.82, 2.24) is 9.88 Å². The summed E-state index contributed by atoms with van der Waals surface area (Å²) in [4.78, 5) is 17.1. The van der Waals surface area contributed by atoms with Crippen LogP contribution in [0.3, 0.4) is 0 Å². The van der Waals surface area contributed by atoms with Crippen molar-refractivity contribution in [3.8, 4) is 0 Å². The van der Waals surface area contributed by atoms with Crippen LogP contribution in [0.15, 0.2) is 24.4 Å². The SMILES string of the molecule is CCS(=O)(=O)CCc1ccc2[nH]cc(C[C@H]3CCCN3C(C)C(N)=O)c2c1. The number of fused-ring (bicyclic) bond motifs is 1. The van der Waals surface area contributed by atoms with Crippen LogP contribution in [0.4, 0.5) is 0 Å². The van der Waals surface area contributed by atoms with Crippen molar-refractivity contribution < 1.29 is 13.2 Å². The maximum absolute atomic E-state index is 11.8. The van der Waals surface area contributed by atoms with Gasteiger partial charge in [0.2, 0.25) is 5.91 Å². The summed E-state index contributed by atoms with van der Waals surface area (Å²) in [5.41, 5.74) is 8.80. The zero-order valence-corrected chi connectivity index (χ0v) is 16.9. The zero-order chi connectivity index (χ0) is 19.6. The fourth-order valence-electron chi connectivity index (χ4n) is 3.97. The molecule has 1 amide bonds.